The summed E-state index contributed by atoms with van der Waals surface area (Å²) < 4.78 is 12.9. The number of para-hydroxylation sites is 1. The third-order valence-corrected chi connectivity index (χ3v) is 7.22. The highest BCUT2D eigenvalue weighted by atomic mass is 16.6. The van der Waals surface area contributed by atoms with Crippen molar-refractivity contribution in [2.75, 3.05) is 23.3 Å². The average molecular weight is 477 g/mol. The van der Waals surface area contributed by atoms with Crippen LogP contribution >= 0.6 is 0 Å². The molecule has 0 aliphatic carbocycles. The van der Waals surface area contributed by atoms with Crippen molar-refractivity contribution in [3.05, 3.63) is 113 Å². The number of nitrogens with one attached hydrogen (secondary N) is 1. The van der Waals surface area contributed by atoms with E-state index in [-0.39, 0.29) is 5.97 Å². The molecule has 6 rings (SSSR count). The van der Waals surface area contributed by atoms with E-state index in [1.54, 1.807) is 0 Å². The summed E-state index contributed by atoms with van der Waals surface area (Å²) in [5.41, 5.74) is 6.02. The predicted octanol–water partition coefficient (Wildman–Crippen LogP) is 7.15. The topological polar surface area (TPSA) is 50.8 Å². The summed E-state index contributed by atoms with van der Waals surface area (Å²) in [5, 5.41) is 3.52. The molecule has 4 aromatic carbocycles. The molecule has 2 aliphatic heterocycles. The van der Waals surface area contributed by atoms with E-state index in [2.05, 4.69) is 49.2 Å². The molecule has 0 saturated carbocycles. The number of hydrogen-bond donors (Lipinski definition) is 1. The molecule has 0 amide bonds. The van der Waals surface area contributed by atoms with Crippen LogP contribution in [0.5, 0.6) is 11.5 Å². The maximum Gasteiger partial charge on any atom is 0.340 e. The molecule has 2 aliphatic rings. The Hall–Kier alpha value is -4.25. The van der Waals surface area contributed by atoms with E-state index in [0.29, 0.717) is 17.1 Å². The Morgan fingerprint density at radius 2 is 1.53 bits per heavy atom. The summed E-state index contributed by atoms with van der Waals surface area (Å²) >= 11 is 0. The quantitative estimate of drug-likeness (QED) is 0.310. The number of anilines is 3. The molecular weight excluding hydrogens is 448 g/mol. The van der Waals surface area contributed by atoms with Crippen LogP contribution in [0.3, 0.4) is 0 Å². The van der Waals surface area contributed by atoms with Crippen LogP contribution in [-0.2, 0) is 10.3 Å². The van der Waals surface area contributed by atoms with Crippen molar-refractivity contribution in [3.8, 4) is 11.5 Å². The highest BCUT2D eigenvalue weighted by Gasteiger charge is 2.53. The third-order valence-electron chi connectivity index (χ3n) is 7.22. The lowest BCUT2D eigenvalue weighted by Crippen LogP contribution is -2.33. The molecule has 180 valence electrons. The Bertz CT molecular complexity index is 1480. The van der Waals surface area contributed by atoms with Crippen molar-refractivity contribution in [2.45, 2.75) is 26.4 Å². The van der Waals surface area contributed by atoms with Crippen molar-refractivity contribution < 1.29 is 14.3 Å². The molecule has 5 nitrogen and oxygen atoms in total. The molecule has 5 heteroatoms. The molecule has 0 bridgehead atoms. The molecule has 4 aromatic rings. The summed E-state index contributed by atoms with van der Waals surface area (Å²) in [6, 6.07) is 28.0. The fraction of sp³-hybridized carbons (Fsp3) is 0.194. The Kier molecular flexibility index (Phi) is 5.22. The first kappa shape index (κ1) is 22.2. The van der Waals surface area contributed by atoms with Crippen molar-refractivity contribution in [1.29, 1.82) is 0 Å². The third kappa shape index (κ3) is 3.27. The maximum absolute atomic E-state index is 13.2. The van der Waals surface area contributed by atoms with E-state index in [1.807, 2.05) is 66.7 Å². The van der Waals surface area contributed by atoms with Gasteiger partial charge in [-0.2, -0.15) is 0 Å². The number of ether oxygens (including phenoxy) is 2. The standard InChI is InChI=1S/C31H28N2O3/c1-4-33(5-2)22-15-16-25-29(18-22)35-28-17-20(3)27(32-21-11-7-6-8-12-21)19-26(28)31(25)24-14-10-9-13-23(24)30(34)36-31/h6-19,32H,4-5H2,1-3H3/t31-/m0/s1. The number of carbonyl (C=O) groups is 1. The maximum atomic E-state index is 13.2. The summed E-state index contributed by atoms with van der Waals surface area (Å²) in [4.78, 5) is 15.5. The van der Waals surface area contributed by atoms with Crippen LogP contribution in [0.2, 0.25) is 0 Å². The van der Waals surface area contributed by atoms with Gasteiger partial charge >= 0.3 is 5.97 Å². The lowest BCUT2D eigenvalue weighted by molar-refractivity contribution is 0.0224. The second kappa shape index (κ2) is 8.45. The second-order valence-corrected chi connectivity index (χ2v) is 9.23. The van der Waals surface area contributed by atoms with E-state index in [1.165, 1.54) is 0 Å². The lowest BCUT2D eigenvalue weighted by atomic mass is 9.77. The van der Waals surface area contributed by atoms with Crippen molar-refractivity contribution in [1.82, 2.24) is 0 Å². The highest BCUT2D eigenvalue weighted by molar-refractivity contribution is 5.97. The van der Waals surface area contributed by atoms with Crippen molar-refractivity contribution >= 4 is 23.0 Å². The molecule has 0 fully saturated rings. The lowest BCUT2D eigenvalue weighted by Gasteiger charge is -2.37. The Morgan fingerprint density at radius 1 is 0.806 bits per heavy atom. The smallest absolute Gasteiger partial charge is 0.340 e. The van der Waals surface area contributed by atoms with Crippen LogP contribution in [0.15, 0.2) is 84.9 Å². The van der Waals surface area contributed by atoms with Crippen LogP contribution in [0.1, 0.15) is 46.5 Å². The summed E-state index contributed by atoms with van der Waals surface area (Å²) in [6.45, 7) is 8.11. The van der Waals surface area contributed by atoms with Crippen LogP contribution in [0.4, 0.5) is 17.1 Å². The van der Waals surface area contributed by atoms with Gasteiger partial charge in [-0.15, -0.1) is 0 Å². The van der Waals surface area contributed by atoms with Gasteiger partial charge in [-0.25, -0.2) is 4.79 Å². The van der Waals surface area contributed by atoms with Gasteiger partial charge in [0.25, 0.3) is 0 Å². The number of fused-ring (bicyclic) bond motifs is 6. The summed E-state index contributed by atoms with van der Waals surface area (Å²) in [5.74, 6) is 1.08. The van der Waals surface area contributed by atoms with Crippen LogP contribution < -0.4 is 15.0 Å². The normalized spacial score (nSPS) is 17.0. The number of nitrogens with zero attached hydrogens (tertiary/aromatic N) is 1. The SMILES string of the molecule is CCN(CC)c1ccc2c(c1)Oc1cc(C)c(Nc3ccccc3)cc1[C@@]21OC(=O)c2ccccc21. The second-order valence-electron chi connectivity index (χ2n) is 9.23. The molecular formula is C31H28N2O3. The van der Waals surface area contributed by atoms with E-state index in [4.69, 9.17) is 9.47 Å². The minimum absolute atomic E-state index is 0.324. The molecule has 1 N–H and O–H groups in total. The van der Waals surface area contributed by atoms with Crippen molar-refractivity contribution in [2.24, 2.45) is 0 Å². The molecule has 0 radical (unpaired) electrons. The fourth-order valence-electron chi connectivity index (χ4n) is 5.41. The van der Waals surface area contributed by atoms with Gasteiger partial charge in [0.05, 0.1) is 5.56 Å². The summed E-state index contributed by atoms with van der Waals surface area (Å²) in [6.07, 6.45) is 0. The van der Waals surface area contributed by atoms with E-state index >= 15 is 0 Å². The van der Waals surface area contributed by atoms with E-state index in [0.717, 1.165) is 52.4 Å². The summed E-state index contributed by atoms with van der Waals surface area (Å²) in [7, 11) is 0. The molecule has 1 spiro atoms. The Balaban J connectivity index is 1.58. The number of rotatable bonds is 5. The van der Waals surface area contributed by atoms with E-state index in [9.17, 15) is 4.79 Å². The van der Waals surface area contributed by atoms with Gasteiger partial charge in [-0.3, -0.25) is 0 Å². The van der Waals surface area contributed by atoms with E-state index < -0.39 is 5.60 Å². The molecule has 0 unspecified atom stereocenters. The Morgan fingerprint density at radius 3 is 2.31 bits per heavy atom. The minimum atomic E-state index is -1.08. The monoisotopic (exact) mass is 476 g/mol. The molecule has 0 saturated heterocycles. The van der Waals surface area contributed by atoms with Gasteiger partial charge in [-0.1, -0.05) is 36.4 Å². The van der Waals surface area contributed by atoms with Gasteiger partial charge in [0, 0.05) is 52.9 Å². The first-order valence-electron chi connectivity index (χ1n) is 12.4. The zero-order valence-electron chi connectivity index (χ0n) is 20.7. The van der Waals surface area contributed by atoms with Gasteiger partial charge < -0.3 is 19.7 Å². The van der Waals surface area contributed by atoms with Gasteiger partial charge in [0.1, 0.15) is 11.5 Å². The van der Waals surface area contributed by atoms with Gasteiger partial charge in [0.15, 0.2) is 5.60 Å². The average Bonchev–Trinajstić information content (AvgIpc) is 3.19. The Labute approximate surface area is 211 Å². The van der Waals surface area contributed by atoms with Gasteiger partial charge in [0.2, 0.25) is 0 Å². The van der Waals surface area contributed by atoms with Crippen molar-refractivity contribution in [3.63, 3.8) is 0 Å². The first-order chi connectivity index (χ1) is 17.5. The number of aryl methyl sites for hydroxylation is 1. The fourth-order valence-corrected chi connectivity index (χ4v) is 5.41. The number of carbonyl (C=O) groups excluding carboxylic acids is 1. The molecule has 2 heterocycles. The first-order valence-corrected chi connectivity index (χ1v) is 12.4. The van der Waals surface area contributed by atoms with Crippen LogP contribution in [0, 0.1) is 6.92 Å². The number of benzene rings is 4. The zero-order chi connectivity index (χ0) is 24.9. The van der Waals surface area contributed by atoms with Crippen LogP contribution in [-0.4, -0.2) is 19.1 Å². The minimum Gasteiger partial charge on any atom is -0.456 e. The molecule has 0 aromatic heterocycles. The highest BCUT2D eigenvalue weighted by Crippen LogP contribution is 2.57. The molecule has 36 heavy (non-hydrogen) atoms. The molecule has 1 atom stereocenters. The predicted molar refractivity (Wildman–Crippen MR) is 143 cm³/mol. The number of hydrogen-bond acceptors (Lipinski definition) is 5. The largest absolute Gasteiger partial charge is 0.456 e. The number of esters is 1. The van der Waals surface area contributed by atoms with Gasteiger partial charge in [-0.05, 0) is 68.8 Å². The van der Waals surface area contributed by atoms with Crippen LogP contribution in [0.25, 0.3) is 0 Å². The zero-order valence-corrected chi connectivity index (χ0v) is 20.7.